The average molecular weight is 294 g/mol. The second-order valence-corrected chi connectivity index (χ2v) is 6.31. The fourth-order valence-electron chi connectivity index (χ4n) is 3.27. The van der Waals surface area contributed by atoms with Gasteiger partial charge in [-0.1, -0.05) is 55.5 Å². The first kappa shape index (κ1) is 15.1. The third-order valence-corrected chi connectivity index (χ3v) is 4.75. The van der Waals surface area contributed by atoms with Gasteiger partial charge in [0, 0.05) is 30.9 Å². The van der Waals surface area contributed by atoms with E-state index in [1.165, 1.54) is 23.2 Å². The fraction of sp³-hybridized carbons (Fsp3) is 0.400. The topological polar surface area (TPSA) is 15.3 Å². The van der Waals surface area contributed by atoms with Gasteiger partial charge < -0.3 is 10.2 Å². The first-order chi connectivity index (χ1) is 10.8. The maximum Gasteiger partial charge on any atom is 0.0414 e. The Morgan fingerprint density at radius 2 is 1.82 bits per heavy atom. The number of anilines is 1. The number of hydrogen-bond acceptors (Lipinski definition) is 2. The summed E-state index contributed by atoms with van der Waals surface area (Å²) in [6.07, 6.45) is 2.26. The lowest BCUT2D eigenvalue weighted by molar-refractivity contribution is 0.490. The van der Waals surface area contributed by atoms with E-state index in [0.717, 1.165) is 19.5 Å². The van der Waals surface area contributed by atoms with Crippen molar-refractivity contribution in [2.45, 2.75) is 45.3 Å². The summed E-state index contributed by atoms with van der Waals surface area (Å²) in [4.78, 5) is 2.59. The van der Waals surface area contributed by atoms with Gasteiger partial charge in [0.15, 0.2) is 0 Å². The second-order valence-electron chi connectivity index (χ2n) is 6.31. The molecule has 2 atom stereocenters. The molecule has 0 saturated heterocycles. The minimum absolute atomic E-state index is 0.490. The Balaban J connectivity index is 1.83. The largest absolute Gasteiger partial charge is 0.367 e. The van der Waals surface area contributed by atoms with Crippen LogP contribution in [0.25, 0.3) is 0 Å². The van der Waals surface area contributed by atoms with E-state index >= 15 is 0 Å². The zero-order chi connectivity index (χ0) is 15.4. The molecule has 0 amide bonds. The lowest BCUT2D eigenvalue weighted by atomic mass is 10.0. The van der Waals surface area contributed by atoms with Crippen LogP contribution in [0.2, 0.25) is 0 Å². The van der Waals surface area contributed by atoms with Crippen LogP contribution in [0.5, 0.6) is 0 Å². The molecule has 0 fully saturated rings. The maximum atomic E-state index is 3.75. The summed E-state index contributed by atoms with van der Waals surface area (Å²) in [6, 6.07) is 20.7. The third kappa shape index (κ3) is 3.33. The van der Waals surface area contributed by atoms with Gasteiger partial charge in [-0.25, -0.2) is 0 Å². The van der Waals surface area contributed by atoms with Crippen LogP contribution < -0.4 is 10.2 Å². The number of benzene rings is 2. The van der Waals surface area contributed by atoms with E-state index in [2.05, 4.69) is 78.7 Å². The van der Waals surface area contributed by atoms with Crippen molar-refractivity contribution in [1.82, 2.24) is 5.32 Å². The quantitative estimate of drug-likeness (QED) is 0.916. The standard InChI is InChI=1S/C20H26N2/c1-3-16(2)22-15-19(13-17-9-5-4-6-10-17)21-14-18-11-7-8-12-20(18)22/h4-12,16,19,21H,3,13-15H2,1-2H3. The molecular weight excluding hydrogens is 268 g/mol. The minimum Gasteiger partial charge on any atom is -0.367 e. The van der Waals surface area contributed by atoms with Gasteiger partial charge in [-0.05, 0) is 37.0 Å². The summed E-state index contributed by atoms with van der Waals surface area (Å²) in [5, 5.41) is 3.75. The molecule has 0 bridgehead atoms. The lowest BCUT2D eigenvalue weighted by Gasteiger charge is -2.33. The van der Waals surface area contributed by atoms with Crippen molar-refractivity contribution < 1.29 is 0 Å². The number of rotatable bonds is 4. The van der Waals surface area contributed by atoms with E-state index < -0.39 is 0 Å². The Hall–Kier alpha value is -1.80. The Morgan fingerprint density at radius 1 is 1.09 bits per heavy atom. The number of nitrogens with one attached hydrogen (secondary N) is 1. The maximum absolute atomic E-state index is 3.75. The molecule has 22 heavy (non-hydrogen) atoms. The molecule has 0 aromatic heterocycles. The van der Waals surface area contributed by atoms with Crippen molar-refractivity contribution in [2.75, 3.05) is 11.4 Å². The summed E-state index contributed by atoms with van der Waals surface area (Å²) in [7, 11) is 0. The van der Waals surface area contributed by atoms with Crippen LogP contribution in [0.4, 0.5) is 5.69 Å². The minimum atomic E-state index is 0.490. The Labute approximate surface area is 134 Å². The van der Waals surface area contributed by atoms with Crippen LogP contribution >= 0.6 is 0 Å². The highest BCUT2D eigenvalue weighted by molar-refractivity contribution is 5.55. The van der Waals surface area contributed by atoms with E-state index in [9.17, 15) is 0 Å². The van der Waals surface area contributed by atoms with Crippen LogP contribution in [0.15, 0.2) is 54.6 Å². The molecule has 1 aliphatic heterocycles. The van der Waals surface area contributed by atoms with Crippen LogP contribution in [-0.2, 0) is 13.0 Å². The van der Waals surface area contributed by atoms with Crippen LogP contribution in [0.1, 0.15) is 31.4 Å². The van der Waals surface area contributed by atoms with Gasteiger partial charge in [0.1, 0.15) is 0 Å². The predicted octanol–water partition coefficient (Wildman–Crippen LogP) is 4.01. The normalized spacial score (nSPS) is 19.4. The molecule has 2 unspecified atom stereocenters. The first-order valence-corrected chi connectivity index (χ1v) is 8.39. The van der Waals surface area contributed by atoms with Crippen LogP contribution in [0.3, 0.4) is 0 Å². The summed E-state index contributed by atoms with van der Waals surface area (Å²) >= 11 is 0. The number of para-hydroxylation sites is 1. The molecule has 116 valence electrons. The van der Waals surface area contributed by atoms with Crippen molar-refractivity contribution in [3.05, 3.63) is 65.7 Å². The SMILES string of the molecule is CCC(C)N1CC(Cc2ccccc2)NCc2ccccc21. The monoisotopic (exact) mass is 294 g/mol. The van der Waals surface area contributed by atoms with E-state index in [-0.39, 0.29) is 0 Å². The highest BCUT2D eigenvalue weighted by Crippen LogP contribution is 2.26. The summed E-state index contributed by atoms with van der Waals surface area (Å²) in [5.74, 6) is 0. The van der Waals surface area contributed by atoms with E-state index in [1.807, 2.05) is 0 Å². The van der Waals surface area contributed by atoms with E-state index in [4.69, 9.17) is 0 Å². The Bertz CT molecular complexity index is 594. The lowest BCUT2D eigenvalue weighted by Crippen LogP contribution is -2.43. The first-order valence-electron chi connectivity index (χ1n) is 8.39. The van der Waals surface area contributed by atoms with Crippen molar-refractivity contribution in [2.24, 2.45) is 0 Å². The fourth-order valence-corrected chi connectivity index (χ4v) is 3.27. The molecule has 2 aromatic rings. The van der Waals surface area contributed by atoms with Gasteiger partial charge >= 0.3 is 0 Å². The van der Waals surface area contributed by atoms with Crippen LogP contribution in [-0.4, -0.2) is 18.6 Å². The van der Waals surface area contributed by atoms with Crippen molar-refractivity contribution in [1.29, 1.82) is 0 Å². The van der Waals surface area contributed by atoms with Gasteiger partial charge in [-0.15, -0.1) is 0 Å². The zero-order valence-corrected chi connectivity index (χ0v) is 13.6. The molecule has 0 radical (unpaired) electrons. The van der Waals surface area contributed by atoms with Crippen LogP contribution in [0, 0.1) is 0 Å². The van der Waals surface area contributed by atoms with Gasteiger partial charge in [0.2, 0.25) is 0 Å². The van der Waals surface area contributed by atoms with Gasteiger partial charge in [-0.2, -0.15) is 0 Å². The number of nitrogens with zero attached hydrogens (tertiary/aromatic N) is 1. The third-order valence-electron chi connectivity index (χ3n) is 4.75. The molecule has 2 heteroatoms. The average Bonchev–Trinajstić information content (AvgIpc) is 2.75. The highest BCUT2D eigenvalue weighted by atomic mass is 15.2. The predicted molar refractivity (Wildman–Crippen MR) is 94.3 cm³/mol. The van der Waals surface area contributed by atoms with Gasteiger partial charge in [0.25, 0.3) is 0 Å². The Kier molecular flexibility index (Phi) is 4.79. The molecular formula is C20H26N2. The van der Waals surface area contributed by atoms with E-state index in [0.29, 0.717) is 12.1 Å². The molecule has 2 aromatic carbocycles. The smallest absolute Gasteiger partial charge is 0.0414 e. The summed E-state index contributed by atoms with van der Waals surface area (Å²) in [5.41, 5.74) is 4.23. The van der Waals surface area contributed by atoms with Crippen molar-refractivity contribution in [3.63, 3.8) is 0 Å². The van der Waals surface area contributed by atoms with Gasteiger partial charge in [0.05, 0.1) is 0 Å². The molecule has 3 rings (SSSR count). The molecule has 1 aliphatic rings. The zero-order valence-electron chi connectivity index (χ0n) is 13.6. The summed E-state index contributed by atoms with van der Waals surface area (Å²) in [6.45, 7) is 6.64. The molecule has 2 nitrogen and oxygen atoms in total. The molecule has 0 aliphatic carbocycles. The Morgan fingerprint density at radius 3 is 2.59 bits per heavy atom. The number of fused-ring (bicyclic) bond motifs is 1. The van der Waals surface area contributed by atoms with Crippen molar-refractivity contribution in [3.8, 4) is 0 Å². The molecule has 1 heterocycles. The van der Waals surface area contributed by atoms with E-state index in [1.54, 1.807) is 0 Å². The summed E-state index contributed by atoms with van der Waals surface area (Å²) < 4.78 is 0. The highest BCUT2D eigenvalue weighted by Gasteiger charge is 2.24. The molecule has 0 saturated carbocycles. The number of hydrogen-bond donors (Lipinski definition) is 1. The molecule has 0 spiro atoms. The molecule has 1 N–H and O–H groups in total. The second kappa shape index (κ2) is 6.97. The van der Waals surface area contributed by atoms with Crippen molar-refractivity contribution >= 4 is 5.69 Å². The van der Waals surface area contributed by atoms with Gasteiger partial charge in [-0.3, -0.25) is 0 Å².